The van der Waals surface area contributed by atoms with Gasteiger partial charge in [-0.3, -0.25) is 4.55 Å². The van der Waals surface area contributed by atoms with E-state index in [1.807, 2.05) is 13.8 Å². The number of hydrogen-bond donors (Lipinski definition) is 1. The van der Waals surface area contributed by atoms with Crippen molar-refractivity contribution < 1.29 is 32.0 Å². The van der Waals surface area contributed by atoms with E-state index in [4.69, 9.17) is 14.0 Å². The predicted octanol–water partition coefficient (Wildman–Crippen LogP) is 3.45. The highest BCUT2D eigenvalue weighted by atomic mass is 32.2. The van der Waals surface area contributed by atoms with Crippen LogP contribution in [0.25, 0.3) is 0 Å². The first kappa shape index (κ1) is 22.4. The number of esters is 2. The van der Waals surface area contributed by atoms with Crippen molar-refractivity contribution in [2.75, 3.05) is 12.4 Å². The van der Waals surface area contributed by atoms with E-state index in [1.165, 1.54) is 0 Å². The van der Waals surface area contributed by atoms with Crippen LogP contribution in [0, 0.1) is 27.7 Å². The summed E-state index contributed by atoms with van der Waals surface area (Å²) in [5, 5.41) is 0. The first-order valence-electron chi connectivity index (χ1n) is 9.46. The molecule has 156 valence electrons. The minimum Gasteiger partial charge on any atom is -0.461 e. The van der Waals surface area contributed by atoms with Gasteiger partial charge >= 0.3 is 11.9 Å². The molecule has 1 aliphatic rings. The molecule has 0 bridgehead atoms. The van der Waals surface area contributed by atoms with E-state index < -0.39 is 34.4 Å². The Kier molecular flexibility index (Phi) is 7.22. The Morgan fingerprint density at radius 3 is 1.89 bits per heavy atom. The van der Waals surface area contributed by atoms with Crippen LogP contribution in [0.4, 0.5) is 0 Å². The van der Waals surface area contributed by atoms with E-state index in [9.17, 15) is 18.0 Å². The zero-order valence-electron chi connectivity index (χ0n) is 16.8. The van der Waals surface area contributed by atoms with Crippen LogP contribution < -0.4 is 0 Å². The van der Waals surface area contributed by atoms with Crippen LogP contribution in [0.5, 0.6) is 0 Å². The SMILES string of the molecule is Cc1c(C)c(C)c(C(=O)OC2CCCCC2)c(C(=O)OCCS(=O)(=O)O)c1C. The van der Waals surface area contributed by atoms with E-state index in [2.05, 4.69) is 0 Å². The summed E-state index contributed by atoms with van der Waals surface area (Å²) in [5.74, 6) is -2.07. The largest absolute Gasteiger partial charge is 0.461 e. The summed E-state index contributed by atoms with van der Waals surface area (Å²) in [6, 6.07) is 0. The molecule has 0 aromatic heterocycles. The second kappa shape index (κ2) is 9.05. The lowest BCUT2D eigenvalue weighted by atomic mass is 9.88. The Hall–Kier alpha value is -1.93. The Balaban J connectivity index is 2.36. The predicted molar refractivity (Wildman–Crippen MR) is 104 cm³/mol. The molecule has 0 unspecified atom stereocenters. The summed E-state index contributed by atoms with van der Waals surface area (Å²) in [5.41, 5.74) is 3.25. The molecule has 2 rings (SSSR count). The van der Waals surface area contributed by atoms with Crippen molar-refractivity contribution in [2.45, 2.75) is 65.9 Å². The molecule has 0 saturated heterocycles. The average Bonchev–Trinajstić information content (AvgIpc) is 2.62. The molecule has 1 aliphatic carbocycles. The molecule has 0 spiro atoms. The molecule has 0 atom stereocenters. The van der Waals surface area contributed by atoms with Crippen molar-refractivity contribution >= 4 is 22.1 Å². The minimum absolute atomic E-state index is 0.0942. The standard InChI is InChI=1S/C20H28O7S/c1-12-13(2)15(4)18(20(22)27-16-8-6-5-7-9-16)17(14(12)3)19(21)26-10-11-28(23,24)25/h16H,5-11H2,1-4H3,(H,23,24,25). The monoisotopic (exact) mass is 412 g/mol. The maximum Gasteiger partial charge on any atom is 0.339 e. The number of ether oxygens (including phenoxy) is 2. The lowest BCUT2D eigenvalue weighted by molar-refractivity contribution is 0.0203. The molecule has 28 heavy (non-hydrogen) atoms. The van der Waals surface area contributed by atoms with Crippen molar-refractivity contribution in [3.8, 4) is 0 Å². The molecule has 0 radical (unpaired) electrons. The molecule has 0 amide bonds. The molecule has 8 heteroatoms. The summed E-state index contributed by atoms with van der Waals surface area (Å²) in [7, 11) is -4.25. The summed E-state index contributed by atoms with van der Waals surface area (Å²) in [6.45, 7) is 6.71. The van der Waals surface area contributed by atoms with Gasteiger partial charge in [-0.1, -0.05) is 6.42 Å². The molecule has 0 heterocycles. The quantitative estimate of drug-likeness (QED) is 0.563. The third-order valence-electron chi connectivity index (χ3n) is 5.50. The van der Waals surface area contributed by atoms with Crippen molar-refractivity contribution in [1.82, 2.24) is 0 Å². The number of hydrogen-bond acceptors (Lipinski definition) is 6. The van der Waals surface area contributed by atoms with Crippen LogP contribution in [-0.2, 0) is 19.6 Å². The smallest absolute Gasteiger partial charge is 0.339 e. The van der Waals surface area contributed by atoms with Gasteiger partial charge in [-0.2, -0.15) is 8.42 Å². The Morgan fingerprint density at radius 2 is 1.39 bits per heavy atom. The van der Waals surface area contributed by atoms with Gasteiger partial charge in [0.05, 0.1) is 11.1 Å². The fraction of sp³-hybridized carbons (Fsp3) is 0.600. The van der Waals surface area contributed by atoms with E-state index >= 15 is 0 Å². The van der Waals surface area contributed by atoms with Gasteiger partial charge in [0.15, 0.2) is 0 Å². The first-order chi connectivity index (χ1) is 13.0. The molecule has 1 aromatic rings. The number of carbonyl (C=O) groups is 2. The van der Waals surface area contributed by atoms with Crippen LogP contribution in [0.2, 0.25) is 0 Å². The summed E-state index contributed by atoms with van der Waals surface area (Å²) >= 11 is 0. The number of rotatable bonds is 6. The Labute approximate surface area is 166 Å². The van der Waals surface area contributed by atoms with Crippen molar-refractivity contribution in [3.63, 3.8) is 0 Å². The zero-order chi connectivity index (χ0) is 21.1. The lowest BCUT2D eigenvalue weighted by Crippen LogP contribution is -2.25. The minimum atomic E-state index is -4.25. The van der Waals surface area contributed by atoms with Crippen LogP contribution in [-0.4, -0.2) is 43.4 Å². The average molecular weight is 413 g/mol. The van der Waals surface area contributed by atoms with Gasteiger partial charge in [0.1, 0.15) is 18.5 Å². The summed E-state index contributed by atoms with van der Waals surface area (Å²) in [4.78, 5) is 25.6. The fourth-order valence-electron chi connectivity index (χ4n) is 3.53. The van der Waals surface area contributed by atoms with Crippen LogP contribution >= 0.6 is 0 Å². The van der Waals surface area contributed by atoms with Crippen molar-refractivity contribution in [1.29, 1.82) is 0 Å². The van der Waals surface area contributed by atoms with E-state index in [0.29, 0.717) is 11.1 Å². The topological polar surface area (TPSA) is 107 Å². The molecule has 0 aliphatic heterocycles. The summed E-state index contributed by atoms with van der Waals surface area (Å²) < 4.78 is 41.2. The van der Waals surface area contributed by atoms with Gasteiger partial charge in [-0.25, -0.2) is 9.59 Å². The Bertz CT molecular complexity index is 865. The highest BCUT2D eigenvalue weighted by Crippen LogP contribution is 2.30. The summed E-state index contributed by atoms with van der Waals surface area (Å²) in [6.07, 6.45) is 4.60. The van der Waals surface area contributed by atoms with E-state index in [-0.39, 0.29) is 17.2 Å². The van der Waals surface area contributed by atoms with Gasteiger partial charge in [0, 0.05) is 0 Å². The lowest BCUT2D eigenvalue weighted by Gasteiger charge is -2.24. The number of carbonyl (C=O) groups excluding carboxylic acids is 2. The Morgan fingerprint density at radius 1 is 0.893 bits per heavy atom. The first-order valence-corrected chi connectivity index (χ1v) is 11.1. The third-order valence-corrected chi connectivity index (χ3v) is 6.18. The van der Waals surface area contributed by atoms with E-state index in [1.54, 1.807) is 13.8 Å². The van der Waals surface area contributed by atoms with Crippen molar-refractivity contribution in [2.24, 2.45) is 0 Å². The van der Waals surface area contributed by atoms with Gasteiger partial charge in [0.2, 0.25) is 0 Å². The van der Waals surface area contributed by atoms with Crippen LogP contribution in [0.15, 0.2) is 0 Å². The van der Waals surface area contributed by atoms with E-state index in [0.717, 1.165) is 43.2 Å². The van der Waals surface area contributed by atoms with Gasteiger partial charge in [0.25, 0.3) is 10.1 Å². The molecule has 1 fully saturated rings. The molecule has 7 nitrogen and oxygen atoms in total. The highest BCUT2D eigenvalue weighted by molar-refractivity contribution is 7.85. The maximum absolute atomic E-state index is 12.9. The highest BCUT2D eigenvalue weighted by Gasteiger charge is 2.29. The molecule has 1 aromatic carbocycles. The van der Waals surface area contributed by atoms with Gasteiger partial charge in [-0.15, -0.1) is 0 Å². The van der Waals surface area contributed by atoms with Gasteiger partial charge in [-0.05, 0) is 75.6 Å². The molecular weight excluding hydrogens is 384 g/mol. The maximum atomic E-state index is 12.9. The number of benzene rings is 1. The zero-order valence-corrected chi connectivity index (χ0v) is 17.6. The second-order valence-corrected chi connectivity index (χ2v) is 8.91. The van der Waals surface area contributed by atoms with Crippen LogP contribution in [0.3, 0.4) is 0 Å². The fourth-order valence-corrected chi connectivity index (χ4v) is 3.82. The molecule has 1 N–H and O–H groups in total. The van der Waals surface area contributed by atoms with Crippen molar-refractivity contribution in [3.05, 3.63) is 33.4 Å². The normalized spacial score (nSPS) is 15.3. The molecular formula is C20H28O7S. The second-order valence-electron chi connectivity index (χ2n) is 7.34. The van der Waals surface area contributed by atoms with Gasteiger partial charge < -0.3 is 9.47 Å². The van der Waals surface area contributed by atoms with Crippen LogP contribution in [0.1, 0.15) is 75.1 Å². The third kappa shape index (κ3) is 5.32. The molecule has 1 saturated carbocycles.